The van der Waals surface area contributed by atoms with Crippen molar-refractivity contribution < 1.29 is 9.59 Å². The summed E-state index contributed by atoms with van der Waals surface area (Å²) in [5, 5.41) is 1.83. The van der Waals surface area contributed by atoms with Crippen molar-refractivity contribution in [1.82, 2.24) is 4.90 Å². The van der Waals surface area contributed by atoms with Gasteiger partial charge in [-0.15, -0.1) is 0 Å². The van der Waals surface area contributed by atoms with Crippen molar-refractivity contribution >= 4 is 22.6 Å². The van der Waals surface area contributed by atoms with Crippen molar-refractivity contribution in [3.05, 3.63) is 47.5 Å². The number of imide groups is 1. The van der Waals surface area contributed by atoms with Gasteiger partial charge in [0.05, 0.1) is 11.1 Å². The van der Waals surface area contributed by atoms with Crippen molar-refractivity contribution in [2.24, 2.45) is 0 Å². The van der Waals surface area contributed by atoms with Crippen LogP contribution in [0.2, 0.25) is 0 Å². The maximum atomic E-state index is 11.9. The average Bonchev–Trinajstić information content (AvgIpc) is 2.55. The van der Waals surface area contributed by atoms with Gasteiger partial charge in [-0.05, 0) is 16.8 Å². The lowest BCUT2D eigenvalue weighted by molar-refractivity contribution is 0.0693. The molecule has 0 bridgehead atoms. The lowest BCUT2D eigenvalue weighted by Crippen LogP contribution is -2.24. The van der Waals surface area contributed by atoms with E-state index in [1.165, 1.54) is 7.05 Å². The van der Waals surface area contributed by atoms with Gasteiger partial charge in [0, 0.05) is 7.05 Å². The van der Waals surface area contributed by atoms with Gasteiger partial charge in [0.1, 0.15) is 0 Å². The van der Waals surface area contributed by atoms with E-state index in [9.17, 15) is 9.59 Å². The molecule has 0 aromatic heterocycles. The maximum absolute atomic E-state index is 11.9. The molecule has 0 saturated carbocycles. The third kappa shape index (κ3) is 1.35. The number of carbonyl (C=O) groups excluding carboxylic acids is 2. The summed E-state index contributed by atoms with van der Waals surface area (Å²) < 4.78 is 0. The summed E-state index contributed by atoms with van der Waals surface area (Å²) in [4.78, 5) is 24.8. The Bertz CT molecular complexity index is 631. The van der Waals surface area contributed by atoms with Crippen LogP contribution < -0.4 is 0 Å². The van der Waals surface area contributed by atoms with E-state index >= 15 is 0 Å². The monoisotopic (exact) mass is 227 g/mol. The van der Waals surface area contributed by atoms with E-state index in [-0.39, 0.29) is 19.2 Å². The van der Waals surface area contributed by atoms with Gasteiger partial charge in [0.25, 0.3) is 11.8 Å². The molecule has 86 valence electrons. The molecular weight excluding hydrogens is 214 g/mol. The number of amides is 2. The first-order chi connectivity index (χ1) is 7.70. The SMILES string of the molecule is C.CN1C(=O)c2ccc3ccccc3c2C1=O. The van der Waals surface area contributed by atoms with Gasteiger partial charge in [0.2, 0.25) is 0 Å². The highest BCUT2D eigenvalue weighted by Gasteiger charge is 2.33. The first kappa shape index (κ1) is 11.3. The van der Waals surface area contributed by atoms with Crippen molar-refractivity contribution in [1.29, 1.82) is 0 Å². The van der Waals surface area contributed by atoms with Crippen LogP contribution >= 0.6 is 0 Å². The Labute approximate surface area is 99.7 Å². The van der Waals surface area contributed by atoms with Crippen LogP contribution in [0.4, 0.5) is 0 Å². The fourth-order valence-corrected chi connectivity index (χ4v) is 2.12. The van der Waals surface area contributed by atoms with Crippen LogP contribution in [0.15, 0.2) is 36.4 Å². The zero-order valence-corrected chi connectivity index (χ0v) is 8.73. The first-order valence-corrected chi connectivity index (χ1v) is 5.04. The lowest BCUT2D eigenvalue weighted by atomic mass is 10.0. The van der Waals surface area contributed by atoms with Crippen LogP contribution in [0, 0.1) is 0 Å². The largest absolute Gasteiger partial charge is 0.277 e. The van der Waals surface area contributed by atoms with Gasteiger partial charge in [-0.3, -0.25) is 14.5 Å². The van der Waals surface area contributed by atoms with Crippen LogP contribution in [0.25, 0.3) is 10.8 Å². The zero-order chi connectivity index (χ0) is 11.3. The molecule has 3 rings (SSSR count). The molecular formula is C14H13NO2. The average molecular weight is 227 g/mol. The summed E-state index contributed by atoms with van der Waals surface area (Å²) in [5.74, 6) is -0.428. The van der Waals surface area contributed by atoms with Crippen molar-refractivity contribution in [3.63, 3.8) is 0 Å². The van der Waals surface area contributed by atoms with Crippen LogP contribution in [0.3, 0.4) is 0 Å². The lowest BCUT2D eigenvalue weighted by Gasteiger charge is -2.03. The number of rotatable bonds is 0. The number of carbonyl (C=O) groups is 2. The number of hydrogen-bond acceptors (Lipinski definition) is 2. The molecule has 17 heavy (non-hydrogen) atoms. The molecule has 0 aliphatic carbocycles. The molecule has 2 amide bonds. The Morgan fingerprint density at radius 2 is 1.65 bits per heavy atom. The number of nitrogens with zero attached hydrogens (tertiary/aromatic N) is 1. The number of fused-ring (bicyclic) bond motifs is 3. The highest BCUT2D eigenvalue weighted by atomic mass is 16.2. The summed E-state index contributed by atoms with van der Waals surface area (Å²) >= 11 is 0. The van der Waals surface area contributed by atoms with Gasteiger partial charge < -0.3 is 0 Å². The summed E-state index contributed by atoms with van der Waals surface area (Å²) in [5.41, 5.74) is 1.04. The first-order valence-electron chi connectivity index (χ1n) is 5.04. The normalized spacial score (nSPS) is 13.8. The molecule has 3 nitrogen and oxygen atoms in total. The highest BCUT2D eigenvalue weighted by molar-refractivity contribution is 6.26. The second kappa shape index (κ2) is 3.70. The van der Waals surface area contributed by atoms with Gasteiger partial charge >= 0.3 is 0 Å². The van der Waals surface area contributed by atoms with Gasteiger partial charge in [-0.2, -0.15) is 0 Å². The van der Waals surface area contributed by atoms with E-state index in [1.807, 2.05) is 30.3 Å². The molecule has 0 N–H and O–H groups in total. The van der Waals surface area contributed by atoms with Crippen LogP contribution in [-0.4, -0.2) is 23.8 Å². The van der Waals surface area contributed by atoms with E-state index in [0.717, 1.165) is 15.7 Å². The standard InChI is InChI=1S/C13H9NO2.CH4/c1-14-12(15)10-7-6-8-4-2-3-5-9(8)11(10)13(14)16;/h2-7H,1H3;1H4. The predicted octanol–water partition coefficient (Wildman–Crippen LogP) is 2.70. The highest BCUT2D eigenvalue weighted by Crippen LogP contribution is 2.29. The summed E-state index contributed by atoms with van der Waals surface area (Å²) in [6.45, 7) is 0. The molecule has 1 aliphatic rings. The van der Waals surface area contributed by atoms with Crippen LogP contribution in [0.1, 0.15) is 28.1 Å². The molecule has 2 aromatic rings. The van der Waals surface area contributed by atoms with Crippen molar-refractivity contribution in [3.8, 4) is 0 Å². The van der Waals surface area contributed by atoms with Crippen molar-refractivity contribution in [2.75, 3.05) is 7.05 Å². The molecule has 0 unspecified atom stereocenters. The summed E-state index contributed by atoms with van der Waals surface area (Å²) in [6, 6.07) is 11.2. The second-order valence-corrected chi connectivity index (χ2v) is 3.88. The maximum Gasteiger partial charge on any atom is 0.261 e. The Morgan fingerprint density at radius 1 is 0.941 bits per heavy atom. The third-order valence-electron chi connectivity index (χ3n) is 2.98. The number of hydrogen-bond donors (Lipinski definition) is 0. The molecule has 1 heterocycles. The molecule has 0 atom stereocenters. The molecule has 3 heteroatoms. The van der Waals surface area contributed by atoms with Gasteiger partial charge in [0.15, 0.2) is 0 Å². The molecule has 1 aliphatic heterocycles. The second-order valence-electron chi connectivity index (χ2n) is 3.88. The van der Waals surface area contributed by atoms with E-state index in [1.54, 1.807) is 6.07 Å². The minimum absolute atomic E-state index is 0. The topological polar surface area (TPSA) is 37.4 Å². The summed E-state index contributed by atoms with van der Waals surface area (Å²) in [7, 11) is 1.51. The smallest absolute Gasteiger partial charge is 0.261 e. The predicted molar refractivity (Wildman–Crippen MR) is 67.1 cm³/mol. The van der Waals surface area contributed by atoms with E-state index in [0.29, 0.717) is 11.1 Å². The quantitative estimate of drug-likeness (QED) is 0.649. The summed E-state index contributed by atoms with van der Waals surface area (Å²) in [6.07, 6.45) is 0. The minimum Gasteiger partial charge on any atom is -0.277 e. The fraction of sp³-hybridized carbons (Fsp3) is 0.143. The third-order valence-corrected chi connectivity index (χ3v) is 2.98. The Morgan fingerprint density at radius 3 is 2.41 bits per heavy atom. The van der Waals surface area contributed by atoms with Gasteiger partial charge in [-0.1, -0.05) is 37.8 Å². The molecule has 0 fully saturated rings. The molecule has 0 spiro atoms. The van der Waals surface area contributed by atoms with Crippen LogP contribution in [-0.2, 0) is 0 Å². The Kier molecular flexibility index (Phi) is 2.46. The molecule has 2 aromatic carbocycles. The zero-order valence-electron chi connectivity index (χ0n) is 8.73. The molecule has 0 radical (unpaired) electrons. The van der Waals surface area contributed by atoms with Crippen LogP contribution in [0.5, 0.6) is 0 Å². The van der Waals surface area contributed by atoms with E-state index < -0.39 is 0 Å². The van der Waals surface area contributed by atoms with E-state index in [2.05, 4.69) is 0 Å². The minimum atomic E-state index is -0.217. The number of benzene rings is 2. The van der Waals surface area contributed by atoms with E-state index in [4.69, 9.17) is 0 Å². The van der Waals surface area contributed by atoms with Crippen molar-refractivity contribution in [2.45, 2.75) is 7.43 Å². The van der Waals surface area contributed by atoms with Gasteiger partial charge in [-0.25, -0.2) is 0 Å². The fourth-order valence-electron chi connectivity index (χ4n) is 2.12. The molecule has 0 saturated heterocycles. The Balaban J connectivity index is 0.00000108. The Hall–Kier alpha value is -2.16.